The van der Waals surface area contributed by atoms with Crippen LogP contribution in [-0.4, -0.2) is 25.6 Å². The molecule has 0 bridgehead atoms. The molecule has 0 saturated heterocycles. The molecule has 0 radical (unpaired) electrons. The highest BCUT2D eigenvalue weighted by molar-refractivity contribution is 7.89. The van der Waals surface area contributed by atoms with Gasteiger partial charge in [-0.2, -0.15) is 4.98 Å². The van der Waals surface area contributed by atoms with Crippen LogP contribution in [0.3, 0.4) is 0 Å². The molecule has 2 rings (SSSR count). The lowest BCUT2D eigenvalue weighted by molar-refractivity contribution is 0.409. The molecular formula is C12H15FN4O3S. The maximum atomic E-state index is 13.9. The Bertz CT molecular complexity index is 716. The second kappa shape index (κ2) is 6.29. The zero-order chi connectivity index (χ0) is 15.5. The Morgan fingerprint density at radius 3 is 2.71 bits per heavy atom. The molecule has 114 valence electrons. The summed E-state index contributed by atoms with van der Waals surface area (Å²) in [5.74, 6) is -0.200. The molecule has 9 heteroatoms. The third kappa shape index (κ3) is 3.63. The molecule has 2 aromatic rings. The van der Waals surface area contributed by atoms with Gasteiger partial charge >= 0.3 is 0 Å². The molecule has 1 aromatic heterocycles. The van der Waals surface area contributed by atoms with E-state index in [9.17, 15) is 12.8 Å². The van der Waals surface area contributed by atoms with Gasteiger partial charge in [-0.15, -0.1) is 0 Å². The van der Waals surface area contributed by atoms with Gasteiger partial charge in [0.05, 0.1) is 11.4 Å². The summed E-state index contributed by atoms with van der Waals surface area (Å²) in [5.41, 5.74) is 0.556. The molecule has 0 fully saturated rings. The third-order valence-electron chi connectivity index (χ3n) is 2.81. The van der Waals surface area contributed by atoms with Crippen LogP contribution in [-0.2, 0) is 23.1 Å². The second-order valence-corrected chi connectivity index (χ2v) is 6.18. The van der Waals surface area contributed by atoms with Crippen LogP contribution >= 0.6 is 0 Å². The molecule has 0 saturated carbocycles. The van der Waals surface area contributed by atoms with Gasteiger partial charge in [-0.25, -0.2) is 17.5 Å². The third-order valence-corrected chi connectivity index (χ3v) is 4.19. The van der Waals surface area contributed by atoms with E-state index in [-0.39, 0.29) is 34.9 Å². The van der Waals surface area contributed by atoms with Crippen LogP contribution in [0.4, 0.5) is 4.39 Å². The second-order valence-electron chi connectivity index (χ2n) is 4.42. The number of nitrogens with zero attached hydrogens (tertiary/aromatic N) is 2. The summed E-state index contributed by atoms with van der Waals surface area (Å²) >= 11 is 0. The fourth-order valence-electron chi connectivity index (χ4n) is 1.79. The van der Waals surface area contributed by atoms with Crippen molar-refractivity contribution in [2.45, 2.75) is 24.9 Å². The van der Waals surface area contributed by atoms with Crippen LogP contribution < -0.4 is 10.0 Å². The van der Waals surface area contributed by atoms with Crippen LogP contribution in [0.1, 0.15) is 17.0 Å². The van der Waals surface area contributed by atoms with Gasteiger partial charge in [-0.1, -0.05) is 5.16 Å². The lowest BCUT2D eigenvalue weighted by Gasteiger charge is -2.10. The van der Waals surface area contributed by atoms with Crippen molar-refractivity contribution >= 4 is 10.0 Å². The first-order chi connectivity index (χ1) is 9.94. The quantitative estimate of drug-likeness (QED) is 0.815. The number of hydrogen-bond acceptors (Lipinski definition) is 6. The van der Waals surface area contributed by atoms with E-state index in [1.54, 1.807) is 7.05 Å². The number of benzene rings is 1. The SMILES string of the molecule is CNCc1cc(S(=O)(=O)NCc2ncon2)cc(C)c1F. The van der Waals surface area contributed by atoms with Gasteiger partial charge < -0.3 is 9.84 Å². The van der Waals surface area contributed by atoms with Gasteiger partial charge in [0.1, 0.15) is 5.82 Å². The van der Waals surface area contributed by atoms with Crippen molar-refractivity contribution in [1.29, 1.82) is 0 Å². The largest absolute Gasteiger partial charge is 0.343 e. The van der Waals surface area contributed by atoms with Crippen molar-refractivity contribution < 1.29 is 17.3 Å². The molecule has 1 heterocycles. The molecule has 21 heavy (non-hydrogen) atoms. The average Bonchev–Trinajstić information content (AvgIpc) is 2.95. The fourth-order valence-corrected chi connectivity index (χ4v) is 2.91. The molecule has 0 amide bonds. The zero-order valence-corrected chi connectivity index (χ0v) is 12.4. The Labute approximate surface area is 121 Å². The molecule has 0 unspecified atom stereocenters. The zero-order valence-electron chi connectivity index (χ0n) is 11.6. The molecule has 0 aliphatic rings. The van der Waals surface area contributed by atoms with E-state index in [4.69, 9.17) is 0 Å². The van der Waals surface area contributed by atoms with Crippen molar-refractivity contribution in [3.05, 3.63) is 41.3 Å². The Kier molecular flexibility index (Phi) is 4.66. The van der Waals surface area contributed by atoms with Crippen molar-refractivity contribution in [1.82, 2.24) is 20.2 Å². The molecule has 1 aromatic carbocycles. The average molecular weight is 314 g/mol. The van der Waals surface area contributed by atoms with Crippen molar-refractivity contribution in [3.8, 4) is 0 Å². The predicted molar refractivity (Wildman–Crippen MR) is 72.2 cm³/mol. The topological polar surface area (TPSA) is 97.1 Å². The van der Waals surface area contributed by atoms with Gasteiger partial charge in [0.2, 0.25) is 16.4 Å². The van der Waals surface area contributed by atoms with Crippen LogP contribution in [0.25, 0.3) is 0 Å². The first kappa shape index (κ1) is 15.5. The molecule has 2 N–H and O–H groups in total. The van der Waals surface area contributed by atoms with E-state index < -0.39 is 15.8 Å². The van der Waals surface area contributed by atoms with Gasteiger partial charge in [0, 0.05) is 12.1 Å². The van der Waals surface area contributed by atoms with Gasteiger partial charge in [0.25, 0.3) is 0 Å². The van der Waals surface area contributed by atoms with Gasteiger partial charge in [-0.3, -0.25) is 0 Å². The Hall–Kier alpha value is -1.84. The molecular weight excluding hydrogens is 299 g/mol. The highest BCUT2D eigenvalue weighted by atomic mass is 32.2. The summed E-state index contributed by atoms with van der Waals surface area (Å²) in [6.45, 7) is 1.66. The van der Waals surface area contributed by atoms with Crippen LogP contribution in [0.2, 0.25) is 0 Å². The highest BCUT2D eigenvalue weighted by Crippen LogP contribution is 2.19. The molecule has 0 aliphatic heterocycles. The van der Waals surface area contributed by atoms with Crippen LogP contribution in [0.5, 0.6) is 0 Å². The minimum atomic E-state index is -3.78. The summed E-state index contributed by atoms with van der Waals surface area (Å²) in [4.78, 5) is 3.71. The minimum Gasteiger partial charge on any atom is -0.343 e. The van der Waals surface area contributed by atoms with E-state index in [1.165, 1.54) is 19.1 Å². The van der Waals surface area contributed by atoms with Gasteiger partial charge in [-0.05, 0) is 31.7 Å². The van der Waals surface area contributed by atoms with E-state index in [0.29, 0.717) is 0 Å². The van der Waals surface area contributed by atoms with E-state index in [1.807, 2.05) is 0 Å². The number of aromatic nitrogens is 2. The lowest BCUT2D eigenvalue weighted by atomic mass is 10.1. The summed E-state index contributed by atoms with van der Waals surface area (Å²) in [7, 11) is -2.13. The van der Waals surface area contributed by atoms with Crippen LogP contribution in [0.15, 0.2) is 27.9 Å². The maximum absolute atomic E-state index is 13.9. The summed E-state index contributed by atoms with van der Waals surface area (Å²) in [6, 6.07) is 2.59. The van der Waals surface area contributed by atoms with Crippen molar-refractivity contribution in [3.63, 3.8) is 0 Å². The predicted octanol–water partition coefficient (Wildman–Crippen LogP) is 0.715. The first-order valence-electron chi connectivity index (χ1n) is 6.12. The smallest absolute Gasteiger partial charge is 0.241 e. The Morgan fingerprint density at radius 1 is 1.33 bits per heavy atom. The minimum absolute atomic E-state index is 0.00450. The van der Waals surface area contributed by atoms with E-state index >= 15 is 0 Å². The Balaban J connectivity index is 2.27. The number of halogens is 1. The monoisotopic (exact) mass is 314 g/mol. The molecule has 0 spiro atoms. The summed E-state index contributed by atoms with van der Waals surface area (Å²) < 4.78 is 45.1. The number of aryl methyl sites for hydroxylation is 1. The normalized spacial score (nSPS) is 11.8. The summed E-state index contributed by atoms with van der Waals surface area (Å²) in [6.07, 6.45) is 1.11. The summed E-state index contributed by atoms with van der Waals surface area (Å²) in [5, 5.41) is 6.31. The van der Waals surface area contributed by atoms with Crippen LogP contribution in [0, 0.1) is 12.7 Å². The Morgan fingerprint density at radius 2 is 2.10 bits per heavy atom. The molecule has 0 aliphatic carbocycles. The van der Waals surface area contributed by atoms with E-state index in [2.05, 4.69) is 24.7 Å². The van der Waals surface area contributed by atoms with Gasteiger partial charge in [0.15, 0.2) is 5.82 Å². The standard InChI is InChI=1S/C12H15FN4O3S/c1-8-3-10(4-9(5-14-2)12(8)13)21(18,19)16-6-11-15-7-20-17-11/h3-4,7,14,16H,5-6H2,1-2H3. The first-order valence-corrected chi connectivity index (χ1v) is 7.61. The maximum Gasteiger partial charge on any atom is 0.241 e. The number of rotatable bonds is 6. The van der Waals surface area contributed by atoms with Crippen molar-refractivity contribution in [2.75, 3.05) is 7.05 Å². The molecule has 0 atom stereocenters. The fraction of sp³-hybridized carbons (Fsp3) is 0.333. The number of nitrogens with one attached hydrogen (secondary N) is 2. The van der Waals surface area contributed by atoms with Crippen molar-refractivity contribution in [2.24, 2.45) is 0 Å². The number of sulfonamides is 1. The number of hydrogen-bond donors (Lipinski definition) is 2. The molecule has 7 nitrogen and oxygen atoms in total. The van der Waals surface area contributed by atoms with E-state index in [0.717, 1.165) is 6.39 Å². The highest BCUT2D eigenvalue weighted by Gasteiger charge is 2.18. The lowest BCUT2D eigenvalue weighted by Crippen LogP contribution is -2.24.